The highest BCUT2D eigenvalue weighted by Gasteiger charge is 2.28. The van der Waals surface area contributed by atoms with Crippen molar-refractivity contribution in [3.8, 4) is 11.6 Å². The molecular weight excluding hydrogens is 334 g/mol. The van der Waals surface area contributed by atoms with Gasteiger partial charge in [-0.2, -0.15) is 10.1 Å². The van der Waals surface area contributed by atoms with Gasteiger partial charge in [0.25, 0.3) is 0 Å². The molecule has 0 aliphatic carbocycles. The van der Waals surface area contributed by atoms with Gasteiger partial charge >= 0.3 is 0 Å². The highest BCUT2D eigenvalue weighted by atomic mass is 32.2. The van der Waals surface area contributed by atoms with Crippen LogP contribution in [0.5, 0.6) is 11.6 Å². The Kier molecular flexibility index (Phi) is 4.14. The molecule has 1 aliphatic rings. The van der Waals surface area contributed by atoms with Crippen molar-refractivity contribution in [3.63, 3.8) is 0 Å². The van der Waals surface area contributed by atoms with Crippen molar-refractivity contribution in [3.05, 3.63) is 35.0 Å². The van der Waals surface area contributed by atoms with E-state index in [1.807, 2.05) is 12.1 Å². The van der Waals surface area contributed by atoms with E-state index in [0.717, 1.165) is 22.4 Å². The maximum absolute atomic E-state index is 10.9. The van der Waals surface area contributed by atoms with Gasteiger partial charge in [0.1, 0.15) is 5.75 Å². The Morgan fingerprint density at radius 2 is 1.56 bits per heavy atom. The molecule has 0 saturated heterocycles. The Morgan fingerprint density at radius 1 is 1.00 bits per heavy atom. The predicted octanol–water partition coefficient (Wildman–Crippen LogP) is 4.25. The topological polar surface area (TPSA) is 70.6 Å². The van der Waals surface area contributed by atoms with Crippen molar-refractivity contribution in [1.82, 2.24) is 9.66 Å². The summed E-state index contributed by atoms with van der Waals surface area (Å²) in [4.78, 5) is 4.04. The van der Waals surface area contributed by atoms with Crippen molar-refractivity contribution in [1.29, 1.82) is 0 Å². The van der Waals surface area contributed by atoms with Crippen LogP contribution in [0.3, 0.4) is 0 Å². The lowest BCUT2D eigenvalue weighted by molar-refractivity contribution is 0.423. The average molecular weight is 359 g/mol. The summed E-state index contributed by atoms with van der Waals surface area (Å²) < 4.78 is 1.61. The van der Waals surface area contributed by atoms with Crippen molar-refractivity contribution in [2.24, 2.45) is 5.10 Å². The van der Waals surface area contributed by atoms with E-state index in [4.69, 9.17) is 0 Å². The van der Waals surface area contributed by atoms with E-state index in [0.29, 0.717) is 16.7 Å². The second-order valence-electron chi connectivity index (χ2n) is 8.48. The number of imidazole rings is 1. The molecule has 0 radical (unpaired) electrons. The maximum Gasteiger partial charge on any atom is 0.232 e. The lowest BCUT2D eigenvalue weighted by atomic mass is 9.78. The lowest BCUT2D eigenvalue weighted by Crippen LogP contribution is -2.20. The third kappa shape index (κ3) is 3.40. The fraction of sp³-hybridized carbons (Fsp3) is 0.474. The number of phenolic OH excluding ortho intramolecular Hbond substituents is 1. The van der Waals surface area contributed by atoms with Crippen molar-refractivity contribution in [2.75, 3.05) is 5.75 Å². The minimum Gasteiger partial charge on any atom is -0.507 e. The van der Waals surface area contributed by atoms with Gasteiger partial charge in [0, 0.05) is 16.9 Å². The number of aromatic nitrogens is 2. The number of hydrogen-bond acceptors (Lipinski definition) is 5. The Bertz CT molecular complexity index is 820. The van der Waals surface area contributed by atoms with Crippen LogP contribution in [-0.2, 0) is 10.8 Å². The van der Waals surface area contributed by atoms with E-state index < -0.39 is 0 Å². The van der Waals surface area contributed by atoms with Gasteiger partial charge < -0.3 is 10.2 Å². The molecule has 0 saturated carbocycles. The summed E-state index contributed by atoms with van der Waals surface area (Å²) in [6, 6.07) is 4.07. The molecule has 1 aliphatic heterocycles. The molecule has 1 aromatic heterocycles. The standard InChI is InChI=1S/C19H25N3O2S/c1-18(2,3)12-7-11(8-13(16(12)24)19(4,5)6)14-10-25-17-20-15(23)9-22(17)21-14/h7-9,23-24H,10H2,1-6H3. The van der Waals surface area contributed by atoms with Crippen molar-refractivity contribution < 1.29 is 10.2 Å². The van der Waals surface area contributed by atoms with E-state index in [1.54, 1.807) is 16.4 Å². The Morgan fingerprint density at radius 3 is 2.08 bits per heavy atom. The van der Waals surface area contributed by atoms with Crippen molar-refractivity contribution >= 4 is 17.5 Å². The number of aromatic hydroxyl groups is 2. The molecule has 2 N–H and O–H groups in total. The van der Waals surface area contributed by atoms with Gasteiger partial charge in [-0.25, -0.2) is 4.68 Å². The van der Waals surface area contributed by atoms with Crippen molar-refractivity contribution in [2.45, 2.75) is 57.5 Å². The fourth-order valence-corrected chi connectivity index (χ4v) is 3.76. The molecule has 0 atom stereocenters. The first-order valence-corrected chi connectivity index (χ1v) is 9.33. The summed E-state index contributed by atoms with van der Waals surface area (Å²) in [5.74, 6) is 1.02. The molecule has 6 heteroatoms. The highest BCUT2D eigenvalue weighted by molar-refractivity contribution is 7.99. The molecule has 0 bridgehead atoms. The smallest absolute Gasteiger partial charge is 0.232 e. The Labute approximate surface area is 152 Å². The Balaban J connectivity index is 2.19. The number of benzene rings is 1. The molecule has 0 unspecified atom stereocenters. The maximum atomic E-state index is 10.9. The van der Waals surface area contributed by atoms with Crippen LogP contribution in [-0.4, -0.2) is 31.3 Å². The van der Waals surface area contributed by atoms with Gasteiger partial charge in [-0.3, -0.25) is 0 Å². The quantitative estimate of drug-likeness (QED) is 0.799. The zero-order valence-electron chi connectivity index (χ0n) is 15.6. The minimum absolute atomic E-state index is 0.0241. The second kappa shape index (κ2) is 5.80. The predicted molar refractivity (Wildman–Crippen MR) is 102 cm³/mol. The first-order chi connectivity index (χ1) is 11.5. The SMILES string of the molecule is CC(C)(C)c1cc(C2=Nn3cc(O)nc3SC2)cc(C(C)(C)C)c1O. The van der Waals surface area contributed by atoms with Gasteiger partial charge in [0.05, 0.1) is 11.9 Å². The minimum atomic E-state index is -0.180. The zero-order chi connectivity index (χ0) is 18.6. The van der Waals surface area contributed by atoms with Crippen LogP contribution in [0.1, 0.15) is 58.2 Å². The molecule has 1 aromatic carbocycles. The monoisotopic (exact) mass is 359 g/mol. The van der Waals surface area contributed by atoms with E-state index in [9.17, 15) is 10.2 Å². The molecular formula is C19H25N3O2S. The summed E-state index contributed by atoms with van der Waals surface area (Å²) in [5.41, 5.74) is 3.38. The van der Waals surface area contributed by atoms with Gasteiger partial charge in [-0.15, -0.1) is 0 Å². The van der Waals surface area contributed by atoms with Crippen LogP contribution in [0.25, 0.3) is 0 Å². The van der Waals surface area contributed by atoms with E-state index >= 15 is 0 Å². The Hall–Kier alpha value is -1.95. The molecule has 2 aromatic rings. The summed E-state index contributed by atoms with van der Waals surface area (Å²) in [7, 11) is 0. The van der Waals surface area contributed by atoms with Crippen LogP contribution in [0.15, 0.2) is 28.6 Å². The first kappa shape index (κ1) is 17.9. The van der Waals surface area contributed by atoms with Crippen LogP contribution >= 0.6 is 11.8 Å². The molecule has 5 nitrogen and oxygen atoms in total. The molecule has 25 heavy (non-hydrogen) atoms. The normalized spacial score (nSPS) is 15.0. The highest BCUT2D eigenvalue weighted by Crippen LogP contribution is 2.40. The third-order valence-electron chi connectivity index (χ3n) is 4.27. The summed E-state index contributed by atoms with van der Waals surface area (Å²) in [6.07, 6.45) is 1.51. The summed E-state index contributed by atoms with van der Waals surface area (Å²) in [6.45, 7) is 12.6. The zero-order valence-corrected chi connectivity index (χ0v) is 16.4. The van der Waals surface area contributed by atoms with Crippen LogP contribution in [0.2, 0.25) is 0 Å². The number of fused-ring (bicyclic) bond motifs is 1. The van der Waals surface area contributed by atoms with E-state index in [1.165, 1.54) is 6.20 Å². The third-order valence-corrected chi connectivity index (χ3v) is 5.22. The lowest BCUT2D eigenvalue weighted by Gasteiger charge is -2.28. The number of rotatable bonds is 1. The van der Waals surface area contributed by atoms with E-state index in [2.05, 4.69) is 51.6 Å². The second-order valence-corrected chi connectivity index (χ2v) is 9.42. The fourth-order valence-electron chi connectivity index (χ4n) is 2.89. The summed E-state index contributed by atoms with van der Waals surface area (Å²) in [5, 5.41) is 25.7. The molecule has 0 fully saturated rings. The molecule has 3 rings (SSSR count). The number of phenols is 1. The largest absolute Gasteiger partial charge is 0.507 e. The molecule has 0 amide bonds. The number of thioether (sulfide) groups is 1. The van der Waals surface area contributed by atoms with E-state index in [-0.39, 0.29) is 16.7 Å². The average Bonchev–Trinajstić information content (AvgIpc) is 2.84. The summed E-state index contributed by atoms with van der Waals surface area (Å²) >= 11 is 1.54. The van der Waals surface area contributed by atoms with Gasteiger partial charge in [0.15, 0.2) is 5.16 Å². The van der Waals surface area contributed by atoms with Gasteiger partial charge in [-0.05, 0) is 28.5 Å². The molecule has 0 spiro atoms. The van der Waals surface area contributed by atoms with Crippen LogP contribution in [0.4, 0.5) is 0 Å². The molecule has 134 valence electrons. The van der Waals surface area contributed by atoms with Crippen LogP contribution < -0.4 is 0 Å². The van der Waals surface area contributed by atoms with Crippen LogP contribution in [0, 0.1) is 0 Å². The first-order valence-electron chi connectivity index (χ1n) is 8.34. The number of hydrogen-bond donors (Lipinski definition) is 2. The molecule has 2 heterocycles. The van der Waals surface area contributed by atoms with Gasteiger partial charge in [-0.1, -0.05) is 53.3 Å². The van der Waals surface area contributed by atoms with Gasteiger partial charge in [0.2, 0.25) is 5.88 Å². The number of nitrogens with zero attached hydrogens (tertiary/aromatic N) is 3.